The molecular formula is C14H11BrClFO. The molecule has 0 radical (unpaired) electrons. The third-order valence-corrected chi connectivity index (χ3v) is 3.32. The molecule has 0 aromatic heterocycles. The zero-order valence-corrected chi connectivity index (χ0v) is 12.1. The molecule has 2 aromatic rings. The minimum Gasteiger partial charge on any atom is -0.454 e. The fourth-order valence-corrected chi connectivity index (χ4v) is 2.19. The second-order valence-corrected chi connectivity index (χ2v) is 5.06. The minimum atomic E-state index is -0.346. The van der Waals surface area contributed by atoms with Crippen molar-refractivity contribution in [1.82, 2.24) is 0 Å². The lowest BCUT2D eigenvalue weighted by Crippen LogP contribution is -1.93. The van der Waals surface area contributed by atoms with Crippen molar-refractivity contribution in [2.75, 3.05) is 0 Å². The van der Waals surface area contributed by atoms with Crippen LogP contribution < -0.4 is 4.74 Å². The number of hydrogen-bond donors (Lipinski definition) is 0. The summed E-state index contributed by atoms with van der Waals surface area (Å²) in [5.74, 6) is 0.740. The molecule has 0 bridgehead atoms. The van der Waals surface area contributed by atoms with Gasteiger partial charge >= 0.3 is 0 Å². The van der Waals surface area contributed by atoms with Crippen LogP contribution >= 0.6 is 27.5 Å². The highest BCUT2D eigenvalue weighted by Crippen LogP contribution is 2.31. The number of aryl methyl sites for hydroxylation is 1. The van der Waals surface area contributed by atoms with E-state index in [4.69, 9.17) is 16.3 Å². The first-order chi connectivity index (χ1) is 8.61. The Kier molecular flexibility index (Phi) is 4.25. The molecule has 0 fully saturated rings. The van der Waals surface area contributed by atoms with E-state index in [-0.39, 0.29) is 11.6 Å². The molecule has 0 saturated heterocycles. The molecule has 0 unspecified atom stereocenters. The van der Waals surface area contributed by atoms with E-state index in [1.807, 2.05) is 12.1 Å². The lowest BCUT2D eigenvalue weighted by atomic mass is 10.2. The summed E-state index contributed by atoms with van der Waals surface area (Å²) < 4.78 is 20.3. The minimum absolute atomic E-state index is 0.212. The van der Waals surface area contributed by atoms with Gasteiger partial charge in [0.05, 0.1) is 5.88 Å². The van der Waals surface area contributed by atoms with E-state index in [9.17, 15) is 4.39 Å². The van der Waals surface area contributed by atoms with Crippen molar-refractivity contribution in [3.05, 3.63) is 57.8 Å². The van der Waals surface area contributed by atoms with Crippen LogP contribution in [0.1, 0.15) is 11.1 Å². The molecule has 0 aliphatic rings. The number of hydrogen-bond acceptors (Lipinski definition) is 1. The van der Waals surface area contributed by atoms with Crippen molar-refractivity contribution in [2.24, 2.45) is 0 Å². The summed E-state index contributed by atoms with van der Waals surface area (Å²) in [7, 11) is 0. The quantitative estimate of drug-likeness (QED) is 0.682. The van der Waals surface area contributed by atoms with Gasteiger partial charge in [0.2, 0.25) is 0 Å². The molecule has 94 valence electrons. The second kappa shape index (κ2) is 5.72. The summed E-state index contributed by atoms with van der Waals surface area (Å²) in [5.41, 5.74) is 1.36. The van der Waals surface area contributed by atoms with E-state index in [0.717, 1.165) is 10.0 Å². The zero-order valence-electron chi connectivity index (χ0n) is 9.71. The van der Waals surface area contributed by atoms with Crippen LogP contribution in [-0.4, -0.2) is 0 Å². The largest absolute Gasteiger partial charge is 0.454 e. The molecule has 0 heterocycles. The fourth-order valence-electron chi connectivity index (χ4n) is 1.57. The smallest absolute Gasteiger partial charge is 0.168 e. The Balaban J connectivity index is 2.37. The average molecular weight is 330 g/mol. The van der Waals surface area contributed by atoms with Gasteiger partial charge in [-0.25, -0.2) is 4.39 Å². The normalized spacial score (nSPS) is 10.4. The van der Waals surface area contributed by atoms with Crippen LogP contribution in [-0.2, 0) is 5.88 Å². The summed E-state index contributed by atoms with van der Waals surface area (Å²) in [5, 5.41) is 0. The Hall–Kier alpha value is -1.06. The van der Waals surface area contributed by atoms with E-state index in [0.29, 0.717) is 17.2 Å². The van der Waals surface area contributed by atoms with Crippen LogP contribution in [0.4, 0.5) is 4.39 Å². The molecule has 2 rings (SSSR count). The monoisotopic (exact) mass is 328 g/mol. The van der Waals surface area contributed by atoms with Gasteiger partial charge in [-0.2, -0.15) is 0 Å². The Labute approximate surface area is 119 Å². The third-order valence-electron chi connectivity index (χ3n) is 2.54. The third kappa shape index (κ3) is 2.85. The van der Waals surface area contributed by atoms with Crippen LogP contribution in [0.25, 0.3) is 0 Å². The molecule has 0 saturated carbocycles. The maximum absolute atomic E-state index is 13.8. The summed E-state index contributed by atoms with van der Waals surface area (Å²) in [6, 6.07) is 10.5. The van der Waals surface area contributed by atoms with E-state index >= 15 is 0 Å². The highest BCUT2D eigenvalue weighted by Gasteiger charge is 2.10. The Bertz CT molecular complexity index is 572. The molecule has 0 aliphatic heterocycles. The van der Waals surface area contributed by atoms with Crippen molar-refractivity contribution in [1.29, 1.82) is 0 Å². The topological polar surface area (TPSA) is 9.23 Å². The van der Waals surface area contributed by atoms with Crippen molar-refractivity contribution in [3.63, 3.8) is 0 Å². The van der Waals surface area contributed by atoms with Crippen LogP contribution in [0.15, 0.2) is 40.9 Å². The van der Waals surface area contributed by atoms with E-state index in [1.165, 1.54) is 0 Å². The molecule has 4 heteroatoms. The van der Waals surface area contributed by atoms with E-state index in [2.05, 4.69) is 15.9 Å². The number of rotatable bonds is 3. The maximum atomic E-state index is 13.8. The number of ether oxygens (including phenoxy) is 1. The summed E-state index contributed by atoms with van der Waals surface area (Å²) in [4.78, 5) is 0. The molecule has 0 atom stereocenters. The zero-order chi connectivity index (χ0) is 13.1. The summed E-state index contributed by atoms with van der Waals surface area (Å²) in [6.45, 7) is 1.70. The molecule has 0 amide bonds. The molecule has 2 aromatic carbocycles. The van der Waals surface area contributed by atoms with Crippen LogP contribution in [0.2, 0.25) is 0 Å². The van der Waals surface area contributed by atoms with Gasteiger partial charge in [0.1, 0.15) is 5.75 Å². The second-order valence-electron chi connectivity index (χ2n) is 3.87. The summed E-state index contributed by atoms with van der Waals surface area (Å²) in [6.07, 6.45) is 0. The van der Waals surface area contributed by atoms with Crippen molar-refractivity contribution in [3.8, 4) is 11.5 Å². The number of alkyl halides is 1. The number of halogens is 3. The Morgan fingerprint density at radius 3 is 2.72 bits per heavy atom. The van der Waals surface area contributed by atoms with Gasteiger partial charge in [-0.05, 0) is 36.8 Å². The van der Waals surface area contributed by atoms with Gasteiger partial charge in [0, 0.05) is 10.0 Å². The number of benzene rings is 2. The molecule has 0 aliphatic carbocycles. The van der Waals surface area contributed by atoms with Crippen molar-refractivity contribution < 1.29 is 9.13 Å². The predicted octanol–water partition coefficient (Wildman–Crippen LogP) is 5.43. The molecule has 1 nitrogen and oxygen atoms in total. The fraction of sp³-hybridized carbons (Fsp3) is 0.143. The average Bonchev–Trinajstić information content (AvgIpc) is 2.37. The van der Waals surface area contributed by atoms with Gasteiger partial charge in [0.25, 0.3) is 0 Å². The van der Waals surface area contributed by atoms with E-state index < -0.39 is 0 Å². The lowest BCUT2D eigenvalue weighted by molar-refractivity contribution is 0.437. The summed E-state index contributed by atoms with van der Waals surface area (Å²) >= 11 is 9.21. The van der Waals surface area contributed by atoms with Crippen LogP contribution in [0.3, 0.4) is 0 Å². The first kappa shape index (κ1) is 13.4. The van der Waals surface area contributed by atoms with Gasteiger partial charge in [-0.1, -0.05) is 28.1 Å². The lowest BCUT2D eigenvalue weighted by Gasteiger charge is -2.11. The molecule has 18 heavy (non-hydrogen) atoms. The molecule has 0 spiro atoms. The standard InChI is InChI=1S/C14H11BrClFO/c1-9-3-2-4-13(14(9)17)18-12-6-5-11(15)7-10(12)8-16/h2-7H,8H2,1H3. The van der Waals surface area contributed by atoms with Gasteiger partial charge in [0.15, 0.2) is 11.6 Å². The first-order valence-corrected chi connectivity index (χ1v) is 6.72. The molecular weight excluding hydrogens is 319 g/mol. The van der Waals surface area contributed by atoms with Crippen molar-refractivity contribution in [2.45, 2.75) is 12.8 Å². The maximum Gasteiger partial charge on any atom is 0.168 e. The van der Waals surface area contributed by atoms with Crippen LogP contribution in [0.5, 0.6) is 11.5 Å². The SMILES string of the molecule is Cc1cccc(Oc2ccc(Br)cc2CCl)c1F. The highest BCUT2D eigenvalue weighted by molar-refractivity contribution is 9.10. The van der Waals surface area contributed by atoms with Gasteiger partial charge in [-0.15, -0.1) is 11.6 Å². The van der Waals surface area contributed by atoms with Gasteiger partial charge < -0.3 is 4.74 Å². The first-order valence-electron chi connectivity index (χ1n) is 5.39. The Morgan fingerprint density at radius 1 is 1.22 bits per heavy atom. The predicted molar refractivity (Wildman–Crippen MR) is 74.9 cm³/mol. The highest BCUT2D eigenvalue weighted by atomic mass is 79.9. The van der Waals surface area contributed by atoms with Crippen molar-refractivity contribution >= 4 is 27.5 Å². The van der Waals surface area contributed by atoms with Crippen LogP contribution in [0, 0.1) is 12.7 Å². The van der Waals surface area contributed by atoms with E-state index in [1.54, 1.807) is 31.2 Å². The van der Waals surface area contributed by atoms with Gasteiger partial charge in [-0.3, -0.25) is 0 Å². The molecule has 0 N–H and O–H groups in total. The Morgan fingerprint density at radius 2 is 2.00 bits per heavy atom.